The highest BCUT2D eigenvalue weighted by molar-refractivity contribution is 9.09. The normalized spacial score (nSPS) is 17.0. The lowest BCUT2D eigenvalue weighted by Crippen LogP contribution is -2.08. The zero-order chi connectivity index (χ0) is 9.97. The summed E-state index contributed by atoms with van der Waals surface area (Å²) in [6.45, 7) is 3.06. The molecule has 0 saturated carbocycles. The van der Waals surface area contributed by atoms with Crippen LogP contribution in [0.1, 0.15) is 35.7 Å². The third-order valence-corrected chi connectivity index (χ3v) is 3.83. The summed E-state index contributed by atoms with van der Waals surface area (Å²) in [5.41, 5.74) is 2.74. The Kier molecular flexibility index (Phi) is 3.12. The number of rotatable bonds is 2. The molecule has 0 aliphatic carbocycles. The minimum Gasteiger partial charge on any atom is -0.493 e. The summed E-state index contributed by atoms with van der Waals surface area (Å²) < 4.78 is 5.58. The topological polar surface area (TPSA) is 9.23 Å². The number of fused-ring (bicyclic) bond motifs is 1. The van der Waals surface area contributed by atoms with Gasteiger partial charge in [0.1, 0.15) is 5.75 Å². The van der Waals surface area contributed by atoms with Crippen LogP contribution >= 0.6 is 15.9 Å². The van der Waals surface area contributed by atoms with Crippen molar-refractivity contribution in [1.82, 2.24) is 0 Å². The second kappa shape index (κ2) is 4.35. The molecule has 0 bridgehead atoms. The van der Waals surface area contributed by atoms with Crippen LogP contribution in [0.25, 0.3) is 0 Å². The van der Waals surface area contributed by atoms with Crippen molar-refractivity contribution in [2.45, 2.75) is 31.0 Å². The number of ether oxygens (including phenoxy) is 1. The van der Waals surface area contributed by atoms with E-state index in [1.165, 1.54) is 11.1 Å². The molecule has 0 saturated heterocycles. The lowest BCUT2D eigenvalue weighted by Gasteiger charge is -2.19. The first-order valence-corrected chi connectivity index (χ1v) is 6.12. The van der Waals surface area contributed by atoms with E-state index < -0.39 is 0 Å². The third kappa shape index (κ3) is 1.95. The Morgan fingerprint density at radius 1 is 1.50 bits per heavy atom. The Bertz CT molecular complexity index is 322. The highest BCUT2D eigenvalue weighted by atomic mass is 79.9. The van der Waals surface area contributed by atoms with Gasteiger partial charge in [-0.25, -0.2) is 0 Å². The van der Waals surface area contributed by atoms with Crippen LogP contribution in [0.15, 0.2) is 18.2 Å². The van der Waals surface area contributed by atoms with Crippen LogP contribution in [0.2, 0.25) is 0 Å². The van der Waals surface area contributed by atoms with Crippen molar-refractivity contribution in [3.8, 4) is 5.75 Å². The van der Waals surface area contributed by atoms with Crippen LogP contribution in [0, 0.1) is 0 Å². The highest BCUT2D eigenvalue weighted by Crippen LogP contribution is 2.32. The lowest BCUT2D eigenvalue weighted by molar-refractivity contribution is 0.288. The number of alkyl halides is 1. The number of benzene rings is 1. The Balaban J connectivity index is 2.29. The Morgan fingerprint density at radius 2 is 2.36 bits per heavy atom. The van der Waals surface area contributed by atoms with Gasteiger partial charge in [-0.2, -0.15) is 0 Å². The van der Waals surface area contributed by atoms with Crippen LogP contribution in [0.5, 0.6) is 5.75 Å². The van der Waals surface area contributed by atoms with Gasteiger partial charge in [0.2, 0.25) is 0 Å². The van der Waals surface area contributed by atoms with Gasteiger partial charge < -0.3 is 4.74 Å². The minimum absolute atomic E-state index is 0.481. The standard InChI is InChI=1S/C12H15BrO/c1-2-11(13)9-5-6-12-10(8-9)4-3-7-14-12/h5-6,8,11H,2-4,7H2,1H3. The zero-order valence-corrected chi connectivity index (χ0v) is 10.0. The molecule has 1 nitrogen and oxygen atoms in total. The summed E-state index contributed by atoms with van der Waals surface area (Å²) >= 11 is 3.67. The van der Waals surface area contributed by atoms with Crippen molar-refractivity contribution in [3.63, 3.8) is 0 Å². The first-order chi connectivity index (χ1) is 6.81. The summed E-state index contributed by atoms with van der Waals surface area (Å²) in [5.74, 6) is 1.08. The summed E-state index contributed by atoms with van der Waals surface area (Å²) in [5, 5.41) is 0. The van der Waals surface area contributed by atoms with E-state index in [4.69, 9.17) is 4.74 Å². The maximum absolute atomic E-state index is 5.58. The summed E-state index contributed by atoms with van der Waals surface area (Å²) in [7, 11) is 0. The van der Waals surface area contributed by atoms with Crippen molar-refractivity contribution in [2.24, 2.45) is 0 Å². The molecule has 1 heterocycles. The molecule has 76 valence electrons. The molecule has 1 atom stereocenters. The van der Waals surface area contributed by atoms with Crippen molar-refractivity contribution in [1.29, 1.82) is 0 Å². The summed E-state index contributed by atoms with van der Waals surface area (Å²) in [4.78, 5) is 0.481. The predicted octanol–water partition coefficient (Wildman–Crippen LogP) is 3.86. The van der Waals surface area contributed by atoms with Crippen molar-refractivity contribution >= 4 is 15.9 Å². The molecule has 1 aromatic carbocycles. The molecule has 0 fully saturated rings. The number of aryl methyl sites for hydroxylation is 1. The van der Waals surface area contributed by atoms with Crippen LogP contribution < -0.4 is 4.74 Å². The maximum atomic E-state index is 5.58. The summed E-state index contributed by atoms with van der Waals surface area (Å²) in [6, 6.07) is 6.54. The van der Waals surface area contributed by atoms with Crippen LogP contribution in [0.3, 0.4) is 0 Å². The van der Waals surface area contributed by atoms with Gasteiger partial charge in [-0.3, -0.25) is 0 Å². The lowest BCUT2D eigenvalue weighted by atomic mass is 10.0. The van der Waals surface area contributed by atoms with E-state index >= 15 is 0 Å². The number of halogens is 1. The van der Waals surface area contributed by atoms with E-state index in [-0.39, 0.29) is 0 Å². The van der Waals surface area contributed by atoms with E-state index in [9.17, 15) is 0 Å². The molecule has 2 heteroatoms. The van der Waals surface area contributed by atoms with Crippen LogP contribution in [-0.4, -0.2) is 6.61 Å². The van der Waals surface area contributed by atoms with Gasteiger partial charge in [0.25, 0.3) is 0 Å². The SMILES string of the molecule is CCC(Br)c1ccc2c(c1)CCCO2. The molecule has 0 N–H and O–H groups in total. The Labute approximate surface area is 93.6 Å². The molecule has 0 spiro atoms. The average molecular weight is 255 g/mol. The van der Waals surface area contributed by atoms with E-state index in [0.29, 0.717) is 4.83 Å². The fourth-order valence-corrected chi connectivity index (χ4v) is 2.10. The first kappa shape index (κ1) is 10.0. The molecular formula is C12H15BrO. The molecule has 14 heavy (non-hydrogen) atoms. The number of hydrogen-bond donors (Lipinski definition) is 0. The molecule has 1 aliphatic heterocycles. The quantitative estimate of drug-likeness (QED) is 0.729. The molecular weight excluding hydrogens is 240 g/mol. The van der Waals surface area contributed by atoms with Gasteiger partial charge in [0.05, 0.1) is 6.61 Å². The smallest absolute Gasteiger partial charge is 0.122 e. The van der Waals surface area contributed by atoms with E-state index in [1.54, 1.807) is 0 Å². The average Bonchev–Trinajstić information content (AvgIpc) is 2.27. The van der Waals surface area contributed by atoms with Gasteiger partial charge in [0.15, 0.2) is 0 Å². The van der Waals surface area contributed by atoms with Crippen molar-refractivity contribution in [3.05, 3.63) is 29.3 Å². The van der Waals surface area contributed by atoms with Gasteiger partial charge in [-0.05, 0) is 36.5 Å². The van der Waals surface area contributed by atoms with Gasteiger partial charge >= 0.3 is 0 Å². The predicted molar refractivity (Wildman–Crippen MR) is 62.2 cm³/mol. The third-order valence-electron chi connectivity index (χ3n) is 2.65. The molecule has 1 aromatic rings. The monoisotopic (exact) mass is 254 g/mol. The van der Waals surface area contributed by atoms with Crippen molar-refractivity contribution in [2.75, 3.05) is 6.61 Å². The molecule has 0 radical (unpaired) electrons. The van der Waals surface area contributed by atoms with Gasteiger partial charge in [-0.1, -0.05) is 35.0 Å². The van der Waals surface area contributed by atoms with Crippen LogP contribution in [0.4, 0.5) is 0 Å². The fraction of sp³-hybridized carbons (Fsp3) is 0.500. The molecule has 0 aromatic heterocycles. The number of hydrogen-bond acceptors (Lipinski definition) is 1. The summed E-state index contributed by atoms with van der Waals surface area (Å²) in [6.07, 6.45) is 3.43. The zero-order valence-electron chi connectivity index (χ0n) is 8.42. The second-order valence-electron chi connectivity index (χ2n) is 3.69. The highest BCUT2D eigenvalue weighted by Gasteiger charge is 2.12. The molecule has 0 amide bonds. The largest absolute Gasteiger partial charge is 0.493 e. The van der Waals surface area contributed by atoms with Gasteiger partial charge in [-0.15, -0.1) is 0 Å². The fourth-order valence-electron chi connectivity index (χ4n) is 1.81. The van der Waals surface area contributed by atoms with E-state index in [0.717, 1.165) is 31.6 Å². The van der Waals surface area contributed by atoms with Gasteiger partial charge in [0, 0.05) is 4.83 Å². The molecule has 1 aliphatic rings. The van der Waals surface area contributed by atoms with E-state index in [1.807, 2.05) is 0 Å². The Hall–Kier alpha value is -0.500. The molecule has 1 unspecified atom stereocenters. The minimum atomic E-state index is 0.481. The maximum Gasteiger partial charge on any atom is 0.122 e. The Morgan fingerprint density at radius 3 is 3.14 bits per heavy atom. The molecule has 2 rings (SSSR count). The van der Waals surface area contributed by atoms with E-state index in [2.05, 4.69) is 41.1 Å². The first-order valence-electron chi connectivity index (χ1n) is 5.21. The van der Waals surface area contributed by atoms with Crippen LogP contribution in [-0.2, 0) is 6.42 Å². The van der Waals surface area contributed by atoms with Crippen molar-refractivity contribution < 1.29 is 4.74 Å². The second-order valence-corrected chi connectivity index (χ2v) is 4.80.